The van der Waals surface area contributed by atoms with E-state index < -0.39 is 0 Å². The highest BCUT2D eigenvalue weighted by Crippen LogP contribution is 1.93. The molecule has 0 aliphatic rings. The Balaban J connectivity index is 0.00000144. The normalized spacial score (nSPS) is 9.69. The molecule has 0 spiro atoms. The number of nitrogens with zero attached hydrogens (tertiary/aromatic N) is 1. The maximum atomic E-state index is 10.6. The second kappa shape index (κ2) is 5.85. The molecule has 1 heterocycles. The first kappa shape index (κ1) is 12.3. The number of hydrogen-bond acceptors (Lipinski definition) is 1. The fraction of sp³-hybridized carbons (Fsp3) is 0.200. The topological polar surface area (TPSA) is 20.9 Å². The van der Waals surface area contributed by atoms with Gasteiger partial charge < -0.3 is 24.0 Å². The van der Waals surface area contributed by atoms with E-state index in [4.69, 9.17) is 0 Å². The fourth-order valence-electron chi connectivity index (χ4n) is 0.912. The fourth-order valence-corrected chi connectivity index (χ4v) is 0.912. The predicted octanol–water partition coefficient (Wildman–Crippen LogP) is -1.88. The second-order valence-electron chi connectivity index (χ2n) is 2.68. The molecular formula is C10H12INO. The summed E-state index contributed by atoms with van der Waals surface area (Å²) in [5, 5.41) is 0. The van der Waals surface area contributed by atoms with Gasteiger partial charge in [0.1, 0.15) is 7.05 Å². The van der Waals surface area contributed by atoms with Gasteiger partial charge in [0.2, 0.25) is 5.69 Å². The van der Waals surface area contributed by atoms with E-state index >= 15 is 0 Å². The number of halogens is 1. The number of allylic oxidation sites excluding steroid dienone is 1. The number of ketones is 1. The Bertz CT molecular complexity index is 320. The van der Waals surface area contributed by atoms with Crippen LogP contribution in [0.1, 0.15) is 12.6 Å². The van der Waals surface area contributed by atoms with E-state index in [2.05, 4.69) is 0 Å². The molecule has 0 N–H and O–H groups in total. The monoisotopic (exact) mass is 289 g/mol. The Labute approximate surface area is 95.3 Å². The Kier molecular flexibility index (Phi) is 5.53. The minimum absolute atomic E-state index is 0. The zero-order valence-electron chi connectivity index (χ0n) is 7.70. The number of aryl methyl sites for hydroxylation is 1. The molecule has 1 aromatic rings. The van der Waals surface area contributed by atoms with Crippen LogP contribution in [0, 0.1) is 0 Å². The second-order valence-corrected chi connectivity index (χ2v) is 2.68. The van der Waals surface area contributed by atoms with Crippen molar-refractivity contribution in [1.82, 2.24) is 0 Å². The molecule has 0 amide bonds. The molecule has 1 aromatic heterocycles. The number of pyridine rings is 1. The largest absolute Gasteiger partial charge is 1.00 e. The minimum Gasteiger partial charge on any atom is -1.00 e. The molecule has 0 fully saturated rings. The lowest BCUT2D eigenvalue weighted by atomic mass is 10.3. The third-order valence-electron chi connectivity index (χ3n) is 1.58. The van der Waals surface area contributed by atoms with Crippen molar-refractivity contribution in [3.63, 3.8) is 0 Å². The standard InChI is InChI=1S/C10H12NO.HI/c1-9(12)6-7-10-5-3-4-8-11(10)2;/h3-8H,1-2H3;1H/q+1;/p-1. The Morgan fingerprint density at radius 2 is 2.15 bits per heavy atom. The van der Waals surface area contributed by atoms with E-state index in [-0.39, 0.29) is 29.8 Å². The van der Waals surface area contributed by atoms with Crippen molar-refractivity contribution in [2.75, 3.05) is 0 Å². The van der Waals surface area contributed by atoms with Crippen LogP contribution in [0.2, 0.25) is 0 Å². The maximum Gasteiger partial charge on any atom is 0.205 e. The molecule has 0 unspecified atom stereocenters. The lowest BCUT2D eigenvalue weighted by Crippen LogP contribution is -3.00. The van der Waals surface area contributed by atoms with Gasteiger partial charge in [0.15, 0.2) is 12.0 Å². The Morgan fingerprint density at radius 1 is 1.46 bits per heavy atom. The smallest absolute Gasteiger partial charge is 0.205 e. The van der Waals surface area contributed by atoms with Crippen molar-refractivity contribution in [1.29, 1.82) is 0 Å². The van der Waals surface area contributed by atoms with E-state index in [1.54, 1.807) is 13.0 Å². The summed E-state index contributed by atoms with van der Waals surface area (Å²) >= 11 is 0. The van der Waals surface area contributed by atoms with Gasteiger partial charge in [0.05, 0.1) is 0 Å². The molecule has 0 aromatic carbocycles. The average molecular weight is 289 g/mol. The summed E-state index contributed by atoms with van der Waals surface area (Å²) < 4.78 is 1.96. The van der Waals surface area contributed by atoms with Gasteiger partial charge in [-0.05, 0) is 19.1 Å². The summed E-state index contributed by atoms with van der Waals surface area (Å²) in [5.41, 5.74) is 1.02. The van der Waals surface area contributed by atoms with Gasteiger partial charge in [-0.2, -0.15) is 0 Å². The van der Waals surface area contributed by atoms with Gasteiger partial charge in [-0.3, -0.25) is 4.79 Å². The van der Waals surface area contributed by atoms with Crippen LogP contribution in [0.15, 0.2) is 30.5 Å². The van der Waals surface area contributed by atoms with Gasteiger partial charge in [0, 0.05) is 18.2 Å². The van der Waals surface area contributed by atoms with Crippen LogP contribution >= 0.6 is 0 Å². The van der Waals surface area contributed by atoms with E-state index in [0.717, 1.165) is 5.69 Å². The molecular weight excluding hydrogens is 277 g/mol. The first-order chi connectivity index (χ1) is 5.70. The predicted molar refractivity (Wildman–Crippen MR) is 47.3 cm³/mol. The molecule has 0 saturated heterocycles. The average Bonchev–Trinajstić information content (AvgIpc) is 2.03. The minimum atomic E-state index is 0. The molecule has 0 bridgehead atoms. The Morgan fingerprint density at radius 3 is 2.69 bits per heavy atom. The zero-order valence-corrected chi connectivity index (χ0v) is 9.86. The van der Waals surface area contributed by atoms with Crippen molar-refractivity contribution >= 4 is 11.9 Å². The molecule has 1 rings (SSSR count). The lowest BCUT2D eigenvalue weighted by molar-refractivity contribution is -0.673. The van der Waals surface area contributed by atoms with Gasteiger partial charge in [0.25, 0.3) is 0 Å². The van der Waals surface area contributed by atoms with E-state index in [1.807, 2.05) is 42.1 Å². The highest BCUT2D eigenvalue weighted by atomic mass is 127. The van der Waals surface area contributed by atoms with Crippen LogP contribution in [-0.4, -0.2) is 5.78 Å². The summed E-state index contributed by atoms with van der Waals surface area (Å²) in [6.07, 6.45) is 5.32. The molecule has 3 heteroatoms. The Hall–Kier alpha value is -0.710. The molecule has 0 aliphatic heterocycles. The first-order valence-corrected chi connectivity index (χ1v) is 3.83. The van der Waals surface area contributed by atoms with Crippen molar-refractivity contribution in [2.24, 2.45) is 7.05 Å². The zero-order chi connectivity index (χ0) is 8.97. The van der Waals surface area contributed by atoms with Crippen LogP contribution in [0.25, 0.3) is 6.08 Å². The van der Waals surface area contributed by atoms with Crippen LogP contribution in [-0.2, 0) is 11.8 Å². The van der Waals surface area contributed by atoms with Gasteiger partial charge in [-0.25, -0.2) is 4.57 Å². The number of carbonyl (C=O) groups excluding carboxylic acids is 1. The number of carbonyl (C=O) groups is 1. The van der Waals surface area contributed by atoms with Crippen molar-refractivity contribution < 1.29 is 33.3 Å². The van der Waals surface area contributed by atoms with E-state index in [0.29, 0.717) is 0 Å². The summed E-state index contributed by atoms with van der Waals surface area (Å²) in [6, 6.07) is 5.85. The van der Waals surface area contributed by atoms with E-state index in [1.165, 1.54) is 0 Å². The van der Waals surface area contributed by atoms with Crippen LogP contribution in [0.4, 0.5) is 0 Å². The molecule has 0 aliphatic carbocycles. The third-order valence-corrected chi connectivity index (χ3v) is 1.58. The SMILES string of the molecule is CC(=O)C=Cc1cccc[n+]1C.[I-]. The van der Waals surface area contributed by atoms with Gasteiger partial charge in [-0.15, -0.1) is 0 Å². The summed E-state index contributed by atoms with van der Waals surface area (Å²) in [7, 11) is 1.94. The molecule has 70 valence electrons. The number of rotatable bonds is 2. The molecule has 13 heavy (non-hydrogen) atoms. The maximum absolute atomic E-state index is 10.6. The van der Waals surface area contributed by atoms with Gasteiger partial charge >= 0.3 is 0 Å². The third kappa shape index (κ3) is 4.17. The highest BCUT2D eigenvalue weighted by Gasteiger charge is 1.98. The summed E-state index contributed by atoms with van der Waals surface area (Å²) in [6.45, 7) is 1.54. The molecule has 0 atom stereocenters. The highest BCUT2D eigenvalue weighted by molar-refractivity contribution is 5.91. The number of hydrogen-bond donors (Lipinski definition) is 0. The number of aromatic nitrogens is 1. The van der Waals surface area contributed by atoms with Crippen molar-refractivity contribution in [3.8, 4) is 0 Å². The first-order valence-electron chi connectivity index (χ1n) is 3.83. The quantitative estimate of drug-likeness (QED) is 0.355. The van der Waals surface area contributed by atoms with Crippen molar-refractivity contribution in [2.45, 2.75) is 6.92 Å². The summed E-state index contributed by atoms with van der Waals surface area (Å²) in [5.74, 6) is 0.0684. The summed E-state index contributed by atoms with van der Waals surface area (Å²) in [4.78, 5) is 10.6. The van der Waals surface area contributed by atoms with Gasteiger partial charge in [-0.1, -0.05) is 0 Å². The van der Waals surface area contributed by atoms with Crippen LogP contribution < -0.4 is 28.5 Å². The van der Waals surface area contributed by atoms with Crippen molar-refractivity contribution in [3.05, 3.63) is 36.2 Å². The molecule has 0 saturated carbocycles. The lowest BCUT2D eigenvalue weighted by Gasteiger charge is -1.90. The van der Waals surface area contributed by atoms with Crippen LogP contribution in [0.5, 0.6) is 0 Å². The molecule has 2 nitrogen and oxygen atoms in total. The van der Waals surface area contributed by atoms with E-state index in [9.17, 15) is 4.79 Å². The molecule has 0 radical (unpaired) electrons. The van der Waals surface area contributed by atoms with Crippen LogP contribution in [0.3, 0.4) is 0 Å².